The van der Waals surface area contributed by atoms with Crippen LogP contribution in [0.4, 0.5) is 24.9 Å². The van der Waals surface area contributed by atoms with Gasteiger partial charge in [0.05, 0.1) is 18.5 Å². The minimum atomic E-state index is -5.08. The second-order valence-corrected chi connectivity index (χ2v) is 13.1. The molecule has 2 aromatic heterocycles. The Morgan fingerprint density at radius 3 is 2.08 bits per heavy atom. The molecule has 0 unspecified atom stereocenters. The number of hydrogen-bond acceptors (Lipinski definition) is 10. The van der Waals surface area contributed by atoms with Gasteiger partial charge in [-0.15, -0.1) is 0 Å². The van der Waals surface area contributed by atoms with Crippen molar-refractivity contribution < 1.29 is 33.3 Å². The van der Waals surface area contributed by atoms with Crippen LogP contribution in [0.1, 0.15) is 41.5 Å². The van der Waals surface area contributed by atoms with Crippen molar-refractivity contribution in [2.75, 3.05) is 30.3 Å². The van der Waals surface area contributed by atoms with Gasteiger partial charge >= 0.3 is 12.1 Å². The number of alkyl halides is 3. The Labute approximate surface area is 298 Å². The van der Waals surface area contributed by atoms with E-state index in [4.69, 9.17) is 30.6 Å². The molecular formula is C37H41F3N8O4. The quantitative estimate of drug-likeness (QED) is 0.121. The molecule has 1 aliphatic carbocycles. The minimum Gasteiger partial charge on any atom is -0.475 e. The molecule has 3 aromatic carbocycles. The van der Waals surface area contributed by atoms with E-state index in [1.165, 1.54) is 16.7 Å². The average molecular weight is 719 g/mol. The van der Waals surface area contributed by atoms with Crippen LogP contribution >= 0.6 is 0 Å². The molecule has 12 nitrogen and oxygen atoms in total. The van der Waals surface area contributed by atoms with E-state index in [-0.39, 0.29) is 12.0 Å². The molecule has 0 bridgehead atoms. The van der Waals surface area contributed by atoms with Crippen molar-refractivity contribution in [2.45, 2.75) is 61.8 Å². The van der Waals surface area contributed by atoms with E-state index in [2.05, 4.69) is 88.3 Å². The number of nitrogens with zero attached hydrogens (tertiary/aromatic N) is 5. The molecule has 3 heterocycles. The molecule has 52 heavy (non-hydrogen) atoms. The van der Waals surface area contributed by atoms with Crippen LogP contribution < -0.4 is 16.4 Å². The molecule has 5 atom stereocenters. The molecular weight excluding hydrogens is 677 g/mol. The number of benzene rings is 3. The van der Waals surface area contributed by atoms with Crippen LogP contribution in [-0.4, -0.2) is 95.8 Å². The molecule has 7 rings (SSSR count). The number of rotatable bonds is 10. The molecule has 1 aliphatic heterocycles. The highest BCUT2D eigenvalue weighted by molar-refractivity contribution is 5.84. The lowest BCUT2D eigenvalue weighted by Gasteiger charge is -2.21. The third-order valence-corrected chi connectivity index (χ3v) is 9.45. The van der Waals surface area contributed by atoms with Crippen LogP contribution in [0, 0.1) is 0 Å². The molecule has 5 aromatic rings. The van der Waals surface area contributed by atoms with E-state index < -0.39 is 36.4 Å². The van der Waals surface area contributed by atoms with Crippen molar-refractivity contribution in [1.29, 1.82) is 0 Å². The lowest BCUT2D eigenvalue weighted by molar-refractivity contribution is -0.192. The zero-order valence-electron chi connectivity index (χ0n) is 28.1. The van der Waals surface area contributed by atoms with E-state index >= 15 is 0 Å². The van der Waals surface area contributed by atoms with Crippen molar-refractivity contribution in [1.82, 2.24) is 24.4 Å². The van der Waals surface area contributed by atoms with Gasteiger partial charge in [0.1, 0.15) is 6.10 Å². The van der Waals surface area contributed by atoms with E-state index in [1.807, 2.05) is 22.8 Å². The number of imidazole rings is 1. The average Bonchev–Trinajstić information content (AvgIpc) is 3.83. The first kappa shape index (κ1) is 36.7. The SMILES string of the molecule is N[C@H]1C[C@@H](n2cnc3c(NCC(c4ccccc4)c4ccccc4)nc(N[C@@H]4CCN(Cc5ccccc5)C4)nc32)[C@H](O)[C@@H]1O.O=C(O)C(F)(F)F. The Hall–Kier alpha value is -5.09. The smallest absolute Gasteiger partial charge is 0.475 e. The summed E-state index contributed by atoms with van der Waals surface area (Å²) in [5, 5.41) is 35.6. The van der Waals surface area contributed by atoms with Crippen molar-refractivity contribution in [3.05, 3.63) is 114 Å². The maximum Gasteiger partial charge on any atom is 0.490 e. The van der Waals surface area contributed by atoms with E-state index in [1.54, 1.807) is 6.33 Å². The number of aromatic nitrogens is 4. The summed E-state index contributed by atoms with van der Waals surface area (Å²) in [5.74, 6) is -1.55. The van der Waals surface area contributed by atoms with Crippen molar-refractivity contribution in [3.63, 3.8) is 0 Å². The van der Waals surface area contributed by atoms with Crippen LogP contribution in [0.3, 0.4) is 0 Å². The standard InChI is InChI=1S/C35H40N8O2.C2HF3O2/c36-28-18-29(32(45)31(28)44)43-22-38-30-33(37-19-27(24-12-6-2-7-13-24)25-14-8-3-9-15-25)40-35(41-34(30)43)39-26-16-17-42(21-26)20-23-10-4-1-5-11-23;3-2(4,5)1(6)7/h1-15,22,26-29,31-32,44-45H,16-21,36H2,(H2,37,39,40,41);(H,6,7)/t26-,28+,29-,31-,32+;/m1./s1. The zero-order chi connectivity index (χ0) is 36.8. The number of aliphatic hydroxyl groups excluding tert-OH is 2. The largest absolute Gasteiger partial charge is 0.490 e. The predicted molar refractivity (Wildman–Crippen MR) is 190 cm³/mol. The van der Waals surface area contributed by atoms with Gasteiger partial charge in [-0.2, -0.15) is 23.1 Å². The van der Waals surface area contributed by atoms with E-state index in [0.29, 0.717) is 35.9 Å². The second-order valence-electron chi connectivity index (χ2n) is 13.1. The number of aliphatic carboxylic acids is 1. The summed E-state index contributed by atoms with van der Waals surface area (Å²) in [7, 11) is 0. The number of halogens is 3. The number of nitrogens with two attached hydrogens (primary N) is 1. The summed E-state index contributed by atoms with van der Waals surface area (Å²) in [4.78, 5) is 25.9. The minimum absolute atomic E-state index is 0.0853. The number of likely N-dealkylation sites (tertiary alicyclic amines) is 1. The van der Waals surface area contributed by atoms with Crippen LogP contribution in [-0.2, 0) is 11.3 Å². The van der Waals surface area contributed by atoms with E-state index in [0.717, 1.165) is 26.1 Å². The number of carbonyl (C=O) groups is 1. The molecule has 1 saturated heterocycles. The lowest BCUT2D eigenvalue weighted by atomic mass is 9.91. The summed E-state index contributed by atoms with van der Waals surface area (Å²) < 4.78 is 33.6. The Morgan fingerprint density at radius 1 is 0.923 bits per heavy atom. The van der Waals surface area contributed by atoms with Crippen molar-refractivity contribution >= 4 is 28.9 Å². The number of fused-ring (bicyclic) bond motifs is 1. The third-order valence-electron chi connectivity index (χ3n) is 9.45. The van der Waals surface area contributed by atoms with Crippen molar-refractivity contribution in [2.24, 2.45) is 5.73 Å². The first-order valence-corrected chi connectivity index (χ1v) is 17.0. The zero-order valence-corrected chi connectivity index (χ0v) is 28.1. The third kappa shape index (κ3) is 8.67. The highest BCUT2D eigenvalue weighted by Gasteiger charge is 2.41. The fraction of sp³-hybridized carbons (Fsp3) is 0.351. The second kappa shape index (κ2) is 16.1. The molecule has 15 heteroatoms. The molecule has 274 valence electrons. The number of aliphatic hydroxyl groups is 2. The van der Waals surface area contributed by atoms with Gasteiger partial charge in [-0.1, -0.05) is 91.0 Å². The first-order valence-electron chi connectivity index (χ1n) is 17.0. The summed E-state index contributed by atoms with van der Waals surface area (Å²) in [6.45, 7) is 3.36. The van der Waals surface area contributed by atoms with Gasteiger partial charge in [-0.3, -0.25) is 4.90 Å². The van der Waals surface area contributed by atoms with Gasteiger partial charge in [0.2, 0.25) is 5.95 Å². The van der Waals surface area contributed by atoms with Crippen molar-refractivity contribution in [3.8, 4) is 0 Å². The van der Waals surface area contributed by atoms with Gasteiger partial charge in [0, 0.05) is 44.2 Å². The molecule has 0 amide bonds. The Balaban J connectivity index is 0.000000604. The highest BCUT2D eigenvalue weighted by Crippen LogP contribution is 2.34. The number of anilines is 2. The number of hydrogen-bond donors (Lipinski definition) is 6. The predicted octanol–water partition coefficient (Wildman–Crippen LogP) is 4.38. The normalized spacial score (nSPS) is 21.9. The maximum absolute atomic E-state index is 10.8. The Morgan fingerprint density at radius 2 is 1.52 bits per heavy atom. The van der Waals surface area contributed by atoms with Gasteiger partial charge in [-0.05, 0) is 29.5 Å². The van der Waals surface area contributed by atoms with Gasteiger partial charge < -0.3 is 36.3 Å². The summed E-state index contributed by atoms with van der Waals surface area (Å²) in [5.41, 5.74) is 11.0. The molecule has 0 spiro atoms. The Bertz CT molecular complexity index is 1880. The maximum atomic E-state index is 10.8. The molecule has 0 radical (unpaired) electrons. The molecule has 2 aliphatic rings. The van der Waals surface area contributed by atoms with E-state index in [9.17, 15) is 23.4 Å². The summed E-state index contributed by atoms with van der Waals surface area (Å²) >= 11 is 0. The van der Waals surface area contributed by atoms with Crippen LogP contribution in [0.15, 0.2) is 97.3 Å². The first-order chi connectivity index (χ1) is 25.0. The topological polar surface area (TPSA) is 175 Å². The number of carboxylic acids is 1. The number of nitrogens with one attached hydrogen (secondary N) is 2. The lowest BCUT2D eigenvalue weighted by Crippen LogP contribution is -2.35. The van der Waals surface area contributed by atoms with Gasteiger partial charge in [0.15, 0.2) is 17.0 Å². The molecule has 1 saturated carbocycles. The van der Waals surface area contributed by atoms with Crippen LogP contribution in [0.2, 0.25) is 0 Å². The monoisotopic (exact) mass is 718 g/mol. The summed E-state index contributed by atoms with van der Waals surface area (Å²) in [6.07, 6.45) is -4.03. The van der Waals surface area contributed by atoms with Gasteiger partial charge in [-0.25, -0.2) is 9.78 Å². The summed E-state index contributed by atoms with van der Waals surface area (Å²) in [6, 6.07) is 30.6. The van der Waals surface area contributed by atoms with Crippen LogP contribution in [0.25, 0.3) is 11.2 Å². The molecule has 2 fully saturated rings. The van der Waals surface area contributed by atoms with Crippen LogP contribution in [0.5, 0.6) is 0 Å². The Kier molecular flexibility index (Phi) is 11.3. The highest BCUT2D eigenvalue weighted by atomic mass is 19.4. The molecule has 7 N–H and O–H groups in total. The van der Waals surface area contributed by atoms with Gasteiger partial charge in [0.25, 0.3) is 0 Å². The fourth-order valence-electron chi connectivity index (χ4n) is 6.78. The fourth-order valence-corrected chi connectivity index (χ4v) is 6.78. The number of carboxylic acid groups (broad SMARTS) is 1.